The van der Waals surface area contributed by atoms with E-state index in [1.54, 1.807) is 0 Å². The van der Waals surface area contributed by atoms with Gasteiger partial charge in [0.1, 0.15) is 0 Å². The number of piperidine rings is 1. The Balaban J connectivity index is 1.81. The van der Waals surface area contributed by atoms with Gasteiger partial charge in [0.05, 0.1) is 6.10 Å². The van der Waals surface area contributed by atoms with Crippen molar-refractivity contribution >= 4 is 0 Å². The summed E-state index contributed by atoms with van der Waals surface area (Å²) in [5.74, 6) is 0.720. The van der Waals surface area contributed by atoms with E-state index in [2.05, 4.69) is 31.0 Å². The van der Waals surface area contributed by atoms with Crippen molar-refractivity contribution in [2.45, 2.75) is 65.0 Å². The molecular weight excluding hydrogens is 236 g/mol. The Morgan fingerprint density at radius 3 is 2.74 bits per heavy atom. The van der Waals surface area contributed by atoms with Crippen LogP contribution < -0.4 is 5.32 Å². The van der Waals surface area contributed by atoms with Crippen LogP contribution in [0.15, 0.2) is 0 Å². The highest BCUT2D eigenvalue weighted by Gasteiger charge is 2.36. The second kappa shape index (κ2) is 6.55. The number of nitrogens with zero attached hydrogens (tertiary/aromatic N) is 1. The number of nitrogens with one attached hydrogen (secondary N) is 1. The lowest BCUT2D eigenvalue weighted by molar-refractivity contribution is -0.00333. The van der Waals surface area contributed by atoms with E-state index in [4.69, 9.17) is 0 Å². The van der Waals surface area contributed by atoms with Crippen molar-refractivity contribution in [1.82, 2.24) is 10.2 Å². The maximum atomic E-state index is 10.3. The first kappa shape index (κ1) is 15.3. The molecule has 0 aromatic carbocycles. The number of aliphatic hydroxyl groups is 1. The SMILES string of the molecule is CCN1CCC(NCC2(C)CCCCC2O)C(C)C1. The maximum absolute atomic E-state index is 10.3. The van der Waals surface area contributed by atoms with Gasteiger partial charge in [-0.05, 0) is 38.3 Å². The lowest BCUT2D eigenvalue weighted by Crippen LogP contribution is -2.52. The van der Waals surface area contributed by atoms with E-state index in [0.29, 0.717) is 6.04 Å². The fraction of sp³-hybridized carbons (Fsp3) is 1.00. The molecule has 1 saturated heterocycles. The van der Waals surface area contributed by atoms with E-state index in [1.165, 1.54) is 45.3 Å². The van der Waals surface area contributed by atoms with Crippen LogP contribution in [0.2, 0.25) is 0 Å². The Labute approximate surface area is 118 Å². The average molecular weight is 268 g/mol. The van der Waals surface area contributed by atoms with Gasteiger partial charge in [0, 0.05) is 24.5 Å². The highest BCUT2D eigenvalue weighted by molar-refractivity contribution is 4.91. The van der Waals surface area contributed by atoms with E-state index in [9.17, 15) is 5.11 Å². The van der Waals surface area contributed by atoms with Gasteiger partial charge in [0.15, 0.2) is 0 Å². The third kappa shape index (κ3) is 3.71. The third-order valence-corrected chi connectivity index (χ3v) is 5.48. The first-order valence-electron chi connectivity index (χ1n) is 8.19. The van der Waals surface area contributed by atoms with Gasteiger partial charge in [0.2, 0.25) is 0 Å². The van der Waals surface area contributed by atoms with Gasteiger partial charge in [-0.15, -0.1) is 0 Å². The average Bonchev–Trinajstić information content (AvgIpc) is 2.41. The number of rotatable bonds is 4. The van der Waals surface area contributed by atoms with Crippen molar-refractivity contribution in [3.05, 3.63) is 0 Å². The summed E-state index contributed by atoms with van der Waals surface area (Å²) in [5, 5.41) is 14.0. The molecule has 2 aliphatic rings. The van der Waals surface area contributed by atoms with Crippen LogP contribution >= 0.6 is 0 Å². The second-order valence-electron chi connectivity index (χ2n) is 7.06. The Morgan fingerprint density at radius 2 is 2.11 bits per heavy atom. The number of hydrogen-bond acceptors (Lipinski definition) is 3. The van der Waals surface area contributed by atoms with Crippen LogP contribution in [-0.2, 0) is 0 Å². The maximum Gasteiger partial charge on any atom is 0.0605 e. The molecule has 0 aromatic heterocycles. The minimum Gasteiger partial charge on any atom is -0.393 e. The smallest absolute Gasteiger partial charge is 0.0605 e. The minimum atomic E-state index is -0.111. The van der Waals surface area contributed by atoms with Crippen molar-refractivity contribution in [2.75, 3.05) is 26.2 Å². The van der Waals surface area contributed by atoms with Gasteiger partial charge >= 0.3 is 0 Å². The molecule has 0 aromatic rings. The first-order chi connectivity index (χ1) is 9.05. The highest BCUT2D eigenvalue weighted by atomic mass is 16.3. The number of aliphatic hydroxyl groups excluding tert-OH is 1. The Kier molecular flexibility index (Phi) is 5.27. The van der Waals surface area contributed by atoms with E-state index in [-0.39, 0.29) is 11.5 Å². The van der Waals surface area contributed by atoms with Gasteiger partial charge in [-0.2, -0.15) is 0 Å². The van der Waals surface area contributed by atoms with Crippen molar-refractivity contribution < 1.29 is 5.11 Å². The summed E-state index contributed by atoms with van der Waals surface area (Å²) in [6.07, 6.45) is 5.77. The van der Waals surface area contributed by atoms with Crippen molar-refractivity contribution in [3.8, 4) is 0 Å². The zero-order valence-corrected chi connectivity index (χ0v) is 13.0. The molecular formula is C16H32N2O. The van der Waals surface area contributed by atoms with Gasteiger partial charge in [-0.25, -0.2) is 0 Å². The van der Waals surface area contributed by atoms with Crippen LogP contribution in [0.3, 0.4) is 0 Å². The molecule has 4 atom stereocenters. The Bertz CT molecular complexity index is 284. The topological polar surface area (TPSA) is 35.5 Å². The molecule has 3 heteroatoms. The fourth-order valence-corrected chi connectivity index (χ4v) is 3.77. The van der Waals surface area contributed by atoms with Gasteiger partial charge in [-0.3, -0.25) is 0 Å². The molecule has 0 bridgehead atoms. The monoisotopic (exact) mass is 268 g/mol. The van der Waals surface area contributed by atoms with E-state index in [1.807, 2.05) is 0 Å². The number of hydrogen-bond donors (Lipinski definition) is 2. The molecule has 0 spiro atoms. The molecule has 1 heterocycles. The molecule has 4 unspecified atom stereocenters. The molecule has 3 nitrogen and oxygen atoms in total. The van der Waals surface area contributed by atoms with Crippen molar-refractivity contribution in [1.29, 1.82) is 0 Å². The Hall–Kier alpha value is -0.120. The number of likely N-dealkylation sites (tertiary alicyclic amines) is 1. The lowest BCUT2D eigenvalue weighted by Gasteiger charge is -2.42. The quantitative estimate of drug-likeness (QED) is 0.821. The molecule has 1 saturated carbocycles. The largest absolute Gasteiger partial charge is 0.393 e. The third-order valence-electron chi connectivity index (χ3n) is 5.48. The summed E-state index contributed by atoms with van der Waals surface area (Å²) in [6.45, 7) is 11.5. The van der Waals surface area contributed by atoms with E-state index in [0.717, 1.165) is 18.9 Å². The molecule has 1 aliphatic carbocycles. The predicted octanol–water partition coefficient (Wildman–Crippen LogP) is 2.25. The van der Waals surface area contributed by atoms with Crippen molar-refractivity contribution in [3.63, 3.8) is 0 Å². The molecule has 112 valence electrons. The summed E-state index contributed by atoms with van der Waals surface area (Å²) in [4.78, 5) is 2.54. The van der Waals surface area contributed by atoms with E-state index >= 15 is 0 Å². The normalized spacial score (nSPS) is 41.4. The second-order valence-corrected chi connectivity index (χ2v) is 7.06. The van der Waals surface area contributed by atoms with E-state index < -0.39 is 0 Å². The van der Waals surface area contributed by atoms with Crippen LogP contribution in [0, 0.1) is 11.3 Å². The molecule has 2 N–H and O–H groups in total. The van der Waals surface area contributed by atoms with Crippen molar-refractivity contribution in [2.24, 2.45) is 11.3 Å². The predicted molar refractivity (Wildman–Crippen MR) is 80.3 cm³/mol. The van der Waals surface area contributed by atoms with Crippen LogP contribution in [0.25, 0.3) is 0 Å². The molecule has 2 fully saturated rings. The standard InChI is InChI=1S/C16H32N2O/c1-4-18-10-8-14(13(2)11-18)17-12-16(3)9-6-5-7-15(16)19/h13-15,17,19H,4-12H2,1-3H3. The summed E-state index contributed by atoms with van der Waals surface area (Å²) in [6, 6.07) is 0.633. The molecule has 0 amide bonds. The molecule has 1 aliphatic heterocycles. The zero-order chi connectivity index (χ0) is 13.9. The first-order valence-corrected chi connectivity index (χ1v) is 8.19. The molecule has 2 rings (SSSR count). The van der Waals surface area contributed by atoms with Crippen LogP contribution in [-0.4, -0.2) is 48.3 Å². The summed E-state index contributed by atoms with van der Waals surface area (Å²) >= 11 is 0. The summed E-state index contributed by atoms with van der Waals surface area (Å²) in [7, 11) is 0. The van der Waals surface area contributed by atoms with Gasteiger partial charge in [-0.1, -0.05) is 33.6 Å². The van der Waals surface area contributed by atoms with Gasteiger partial charge in [0.25, 0.3) is 0 Å². The summed E-state index contributed by atoms with van der Waals surface area (Å²) in [5.41, 5.74) is 0.0971. The van der Waals surface area contributed by atoms with Crippen LogP contribution in [0.5, 0.6) is 0 Å². The lowest BCUT2D eigenvalue weighted by atomic mass is 9.73. The minimum absolute atomic E-state index is 0.0971. The van der Waals surface area contributed by atoms with Crippen LogP contribution in [0.1, 0.15) is 52.9 Å². The fourth-order valence-electron chi connectivity index (χ4n) is 3.77. The van der Waals surface area contributed by atoms with Crippen LogP contribution in [0.4, 0.5) is 0 Å². The molecule has 0 radical (unpaired) electrons. The molecule has 19 heavy (non-hydrogen) atoms. The Morgan fingerprint density at radius 1 is 1.32 bits per heavy atom. The van der Waals surface area contributed by atoms with Gasteiger partial charge < -0.3 is 15.3 Å². The zero-order valence-electron chi connectivity index (χ0n) is 13.0. The highest BCUT2D eigenvalue weighted by Crippen LogP contribution is 2.35. The summed E-state index contributed by atoms with van der Waals surface area (Å²) < 4.78 is 0.